The van der Waals surface area contributed by atoms with E-state index in [2.05, 4.69) is 5.32 Å². The largest absolute Gasteiger partial charge is 0.454 e. The molecule has 0 radical (unpaired) electrons. The Balaban J connectivity index is 0.000000970. The van der Waals surface area contributed by atoms with Crippen LogP contribution in [-0.2, 0) is 36.8 Å². The van der Waals surface area contributed by atoms with Crippen molar-refractivity contribution in [1.82, 2.24) is 5.32 Å². The van der Waals surface area contributed by atoms with Gasteiger partial charge >= 0.3 is 0 Å². The van der Waals surface area contributed by atoms with Gasteiger partial charge in [-0.05, 0) is 23.3 Å². The van der Waals surface area contributed by atoms with Gasteiger partial charge in [0.15, 0.2) is 17.8 Å². The first-order valence-electron chi connectivity index (χ1n) is 11.6. The van der Waals surface area contributed by atoms with Gasteiger partial charge in [-0.3, -0.25) is 9.59 Å². The minimum absolute atomic E-state index is 0.0346. The topological polar surface area (TPSA) is 133 Å². The number of rotatable bonds is 4. The number of amides is 1. The van der Waals surface area contributed by atoms with Gasteiger partial charge in [-0.15, -0.1) is 0 Å². The Labute approximate surface area is 200 Å². The molecular formula is C24H37NO9. The summed E-state index contributed by atoms with van der Waals surface area (Å²) in [7, 11) is 2.60. The van der Waals surface area contributed by atoms with Crippen LogP contribution in [0.15, 0.2) is 12.1 Å². The Morgan fingerprint density at radius 2 is 1.71 bits per heavy atom. The second-order valence-electron chi connectivity index (χ2n) is 7.83. The molecule has 0 saturated carbocycles. The highest BCUT2D eigenvalue weighted by atomic mass is 16.7. The summed E-state index contributed by atoms with van der Waals surface area (Å²) in [5.41, 5.74) is 1.64. The lowest BCUT2D eigenvalue weighted by Gasteiger charge is -2.35. The van der Waals surface area contributed by atoms with Gasteiger partial charge in [-0.25, -0.2) is 0 Å². The molecule has 1 amide bonds. The van der Waals surface area contributed by atoms with Crippen LogP contribution in [0.4, 0.5) is 0 Å². The van der Waals surface area contributed by atoms with Crippen molar-refractivity contribution in [2.24, 2.45) is 0 Å². The maximum atomic E-state index is 12.8. The van der Waals surface area contributed by atoms with Crippen LogP contribution in [0.3, 0.4) is 0 Å². The molecule has 3 aliphatic heterocycles. The third kappa shape index (κ3) is 7.64. The number of hydrogen-bond acceptors (Lipinski definition) is 9. The van der Waals surface area contributed by atoms with E-state index in [0.29, 0.717) is 30.9 Å². The number of methoxy groups -OCH3 is 1. The summed E-state index contributed by atoms with van der Waals surface area (Å²) in [4.78, 5) is 25.3. The Kier molecular flexibility index (Phi) is 11.7. The Bertz CT molecular complexity index is 789. The van der Waals surface area contributed by atoms with Crippen LogP contribution in [0.25, 0.3) is 0 Å². The predicted octanol–water partition coefficient (Wildman–Crippen LogP) is 1.47. The zero-order chi connectivity index (χ0) is 25.1. The van der Waals surface area contributed by atoms with E-state index in [1.165, 1.54) is 0 Å². The molecule has 1 aromatic rings. The first-order valence-corrected chi connectivity index (χ1v) is 11.6. The fraction of sp³-hybridized carbons (Fsp3) is 0.667. The number of aliphatic hydroxyl groups excluding tert-OH is 2. The fourth-order valence-electron chi connectivity index (χ4n) is 4.08. The van der Waals surface area contributed by atoms with E-state index in [-0.39, 0.29) is 50.5 Å². The zero-order valence-corrected chi connectivity index (χ0v) is 20.4. The molecule has 4 rings (SSSR count). The Morgan fingerprint density at radius 3 is 2.35 bits per heavy atom. The van der Waals surface area contributed by atoms with Crippen molar-refractivity contribution in [1.29, 1.82) is 0 Å². The number of ether oxygens (including phenoxy) is 5. The van der Waals surface area contributed by atoms with Crippen LogP contribution >= 0.6 is 0 Å². The summed E-state index contributed by atoms with van der Waals surface area (Å²) in [6, 6.07) is 3.62. The molecule has 192 valence electrons. The number of aliphatic hydroxyl groups is 2. The predicted molar refractivity (Wildman–Crippen MR) is 122 cm³/mol. The second kappa shape index (κ2) is 14.2. The van der Waals surface area contributed by atoms with Gasteiger partial charge in [0.05, 0.1) is 31.3 Å². The number of nitrogens with one attached hydrogen (secondary N) is 1. The highest BCUT2D eigenvalue weighted by Crippen LogP contribution is 2.35. The molecular weight excluding hydrogens is 446 g/mol. The molecule has 0 aliphatic carbocycles. The van der Waals surface area contributed by atoms with Crippen molar-refractivity contribution < 1.29 is 43.5 Å². The number of hydrogen-bond donors (Lipinski definition) is 3. The Hall–Kier alpha value is -2.24. The van der Waals surface area contributed by atoms with E-state index in [1.54, 1.807) is 13.2 Å². The molecule has 3 N–H and O–H groups in total. The van der Waals surface area contributed by atoms with Crippen molar-refractivity contribution in [3.05, 3.63) is 23.3 Å². The minimum Gasteiger partial charge on any atom is -0.454 e. The van der Waals surface area contributed by atoms with E-state index in [0.717, 1.165) is 18.2 Å². The first-order chi connectivity index (χ1) is 16.5. The van der Waals surface area contributed by atoms with Crippen molar-refractivity contribution >= 4 is 11.7 Å². The smallest absolute Gasteiger partial charge is 0.231 e. The number of Topliss-reactive ketones (excluding diaryl/α,β-unsaturated/α-hetero) is 1. The molecule has 0 bridgehead atoms. The normalized spacial score (nSPS) is 26.2. The lowest BCUT2D eigenvalue weighted by atomic mass is 9.96. The van der Waals surface area contributed by atoms with Gasteiger partial charge in [0.25, 0.3) is 0 Å². The average molecular weight is 484 g/mol. The molecule has 34 heavy (non-hydrogen) atoms. The molecule has 0 aromatic heterocycles. The van der Waals surface area contributed by atoms with Crippen LogP contribution < -0.4 is 14.8 Å². The van der Waals surface area contributed by atoms with Crippen molar-refractivity contribution in [2.75, 3.05) is 27.6 Å². The van der Waals surface area contributed by atoms with Gasteiger partial charge in [0, 0.05) is 46.4 Å². The second-order valence-corrected chi connectivity index (χ2v) is 7.83. The lowest BCUT2D eigenvalue weighted by Crippen LogP contribution is -2.42. The molecule has 3 heterocycles. The standard InChI is InChI=1S/C21H27NO8.C2H6.CH4O/c1-26-15-6-17(10-23)30-21(8-15)29-16-5-14(24)2-12-3-18-19(28-11-27-18)4-13(12)9-22-20(25)7-16;2*1-2/h3-4,15-17,21,23H,2,5-11H2,1H3,(H,22,25);1-2H3;2H,1H3/t15?,16-,17+,21-;;/m1../s1. The summed E-state index contributed by atoms with van der Waals surface area (Å²) in [6.45, 7) is 4.30. The van der Waals surface area contributed by atoms with E-state index in [9.17, 15) is 14.7 Å². The minimum atomic E-state index is -0.643. The average Bonchev–Trinajstić information content (AvgIpc) is 3.31. The summed E-state index contributed by atoms with van der Waals surface area (Å²) < 4.78 is 28.0. The highest BCUT2D eigenvalue weighted by Gasteiger charge is 2.33. The molecule has 4 atom stereocenters. The number of benzene rings is 1. The molecule has 10 nitrogen and oxygen atoms in total. The molecule has 0 spiro atoms. The molecule has 1 saturated heterocycles. The Morgan fingerprint density at radius 1 is 1.03 bits per heavy atom. The van der Waals surface area contributed by atoms with Crippen LogP contribution in [0.2, 0.25) is 0 Å². The van der Waals surface area contributed by atoms with E-state index in [4.69, 9.17) is 28.8 Å². The summed E-state index contributed by atoms with van der Waals surface area (Å²) in [5, 5.41) is 19.3. The highest BCUT2D eigenvalue weighted by molar-refractivity contribution is 5.84. The summed E-state index contributed by atoms with van der Waals surface area (Å²) in [5.74, 6) is 0.979. The molecule has 10 heteroatoms. The number of carbonyl (C=O) groups is 2. The molecule has 1 aromatic carbocycles. The van der Waals surface area contributed by atoms with Crippen LogP contribution in [0.5, 0.6) is 11.5 Å². The third-order valence-electron chi connectivity index (χ3n) is 5.63. The van der Waals surface area contributed by atoms with Gasteiger partial charge < -0.3 is 39.2 Å². The number of carbonyl (C=O) groups excluding carboxylic acids is 2. The summed E-state index contributed by atoms with van der Waals surface area (Å²) >= 11 is 0. The zero-order valence-electron chi connectivity index (χ0n) is 20.4. The van der Waals surface area contributed by atoms with Crippen molar-refractivity contribution in [2.45, 2.75) is 77.1 Å². The van der Waals surface area contributed by atoms with Crippen LogP contribution in [-0.4, -0.2) is 74.1 Å². The maximum Gasteiger partial charge on any atom is 0.231 e. The van der Waals surface area contributed by atoms with E-state index < -0.39 is 18.5 Å². The van der Waals surface area contributed by atoms with Crippen LogP contribution in [0.1, 0.15) is 50.7 Å². The maximum absolute atomic E-state index is 12.8. The molecule has 1 unspecified atom stereocenters. The van der Waals surface area contributed by atoms with E-state index in [1.807, 2.05) is 19.9 Å². The number of ketones is 1. The lowest BCUT2D eigenvalue weighted by molar-refractivity contribution is -0.241. The number of fused-ring (bicyclic) bond motifs is 2. The quantitative estimate of drug-likeness (QED) is 0.582. The van der Waals surface area contributed by atoms with Gasteiger partial charge in [-0.1, -0.05) is 13.8 Å². The third-order valence-corrected chi connectivity index (χ3v) is 5.63. The van der Waals surface area contributed by atoms with Crippen LogP contribution in [0, 0.1) is 0 Å². The SMILES string of the molecule is CC.CO.COC1C[C@@H](CO)O[C@@H](O[C@@H]2CC(=O)Cc3cc4c(cc3CNC(=O)C2)OCO4)C1. The summed E-state index contributed by atoms with van der Waals surface area (Å²) in [6.07, 6.45) is -0.364. The molecule has 1 fully saturated rings. The van der Waals surface area contributed by atoms with Gasteiger partial charge in [0.1, 0.15) is 5.78 Å². The van der Waals surface area contributed by atoms with Gasteiger partial charge in [0.2, 0.25) is 12.7 Å². The van der Waals surface area contributed by atoms with E-state index >= 15 is 0 Å². The molecule has 3 aliphatic rings. The van der Waals surface area contributed by atoms with Gasteiger partial charge in [-0.2, -0.15) is 0 Å². The van der Waals surface area contributed by atoms with Crippen molar-refractivity contribution in [3.8, 4) is 11.5 Å². The first kappa shape index (κ1) is 28.0. The monoisotopic (exact) mass is 483 g/mol. The van der Waals surface area contributed by atoms with Crippen molar-refractivity contribution in [3.63, 3.8) is 0 Å². The fourth-order valence-corrected chi connectivity index (χ4v) is 4.08.